The van der Waals surface area contributed by atoms with E-state index in [0.717, 1.165) is 11.8 Å². The van der Waals surface area contributed by atoms with Gasteiger partial charge in [-0.3, -0.25) is 13.9 Å². The summed E-state index contributed by atoms with van der Waals surface area (Å²) in [7, 11) is -3.68. The van der Waals surface area contributed by atoms with Gasteiger partial charge in [0, 0.05) is 38.0 Å². The van der Waals surface area contributed by atoms with Crippen LogP contribution >= 0.6 is 23.2 Å². The number of benzene rings is 3. The van der Waals surface area contributed by atoms with Crippen molar-refractivity contribution in [2.45, 2.75) is 51.7 Å². The number of sulfonamides is 1. The van der Waals surface area contributed by atoms with E-state index < -0.39 is 16.1 Å². The summed E-state index contributed by atoms with van der Waals surface area (Å²) in [5, 5.41) is 3.68. The molecule has 1 N–H and O–H groups in total. The van der Waals surface area contributed by atoms with E-state index in [4.69, 9.17) is 32.7 Å². The maximum Gasteiger partial charge on any atom is 0.243 e. The van der Waals surface area contributed by atoms with E-state index in [1.54, 1.807) is 41.3 Å². The van der Waals surface area contributed by atoms with Crippen LogP contribution in [0.1, 0.15) is 37.8 Å². The van der Waals surface area contributed by atoms with Gasteiger partial charge in [0.05, 0.1) is 22.0 Å². The molecule has 1 unspecified atom stereocenters. The Morgan fingerprint density at radius 2 is 1.61 bits per heavy atom. The lowest BCUT2D eigenvalue weighted by Gasteiger charge is -2.32. The highest BCUT2D eigenvalue weighted by molar-refractivity contribution is 7.92. The molecule has 1 aliphatic rings. The second-order valence-corrected chi connectivity index (χ2v) is 13.6. The summed E-state index contributed by atoms with van der Waals surface area (Å²) in [5.41, 5.74) is 2.01. The normalized spacial score (nSPS) is 13.3. The van der Waals surface area contributed by atoms with Crippen molar-refractivity contribution in [1.29, 1.82) is 0 Å². The number of carbonyl (C=O) groups is 2. The SMILES string of the molecule is CC(C)NC(=O)C(Cc1ccccc1)N(Cc1ccc(Cl)c(Cl)c1)C(=O)CCCN(c1ccc2c(c1)OCCO2)S(C)(=O)=O. The van der Waals surface area contributed by atoms with Gasteiger partial charge in [0.25, 0.3) is 0 Å². The number of rotatable bonds is 13. The number of anilines is 1. The number of hydrogen-bond acceptors (Lipinski definition) is 6. The average Bonchev–Trinajstić information content (AvgIpc) is 2.98. The van der Waals surface area contributed by atoms with Gasteiger partial charge < -0.3 is 19.7 Å². The van der Waals surface area contributed by atoms with Crippen LogP contribution in [0.4, 0.5) is 5.69 Å². The Bertz CT molecular complexity index is 1570. The second-order valence-electron chi connectivity index (χ2n) is 10.9. The molecule has 0 spiro atoms. The maximum absolute atomic E-state index is 14.0. The predicted octanol–water partition coefficient (Wildman–Crippen LogP) is 5.48. The van der Waals surface area contributed by atoms with Gasteiger partial charge in [0.15, 0.2) is 11.5 Å². The number of fused-ring (bicyclic) bond motifs is 1. The Hall–Kier alpha value is -3.47. The fourth-order valence-electron chi connectivity index (χ4n) is 4.96. The van der Waals surface area contributed by atoms with E-state index in [9.17, 15) is 18.0 Å². The van der Waals surface area contributed by atoms with Crippen molar-refractivity contribution >= 4 is 50.7 Å². The Labute approximate surface area is 269 Å². The van der Waals surface area contributed by atoms with Gasteiger partial charge in [-0.25, -0.2) is 8.42 Å². The van der Waals surface area contributed by atoms with Gasteiger partial charge in [0.2, 0.25) is 21.8 Å². The predicted molar refractivity (Wildman–Crippen MR) is 173 cm³/mol. The first-order valence-electron chi connectivity index (χ1n) is 14.4. The second kappa shape index (κ2) is 15.0. The van der Waals surface area contributed by atoms with Gasteiger partial charge >= 0.3 is 0 Å². The molecule has 0 saturated heterocycles. The summed E-state index contributed by atoms with van der Waals surface area (Å²) >= 11 is 12.4. The summed E-state index contributed by atoms with van der Waals surface area (Å²) < 4.78 is 38.0. The molecule has 0 radical (unpaired) electrons. The lowest BCUT2D eigenvalue weighted by molar-refractivity contribution is -0.141. The van der Waals surface area contributed by atoms with Gasteiger partial charge in [-0.05, 0) is 55.7 Å². The average molecular weight is 663 g/mol. The number of ether oxygens (including phenoxy) is 2. The number of hydrogen-bond donors (Lipinski definition) is 1. The molecular formula is C32H37Cl2N3O6S. The molecule has 1 heterocycles. The molecule has 0 saturated carbocycles. The summed E-state index contributed by atoms with van der Waals surface area (Å²) in [6.07, 6.45) is 1.62. The molecule has 2 amide bonds. The zero-order valence-electron chi connectivity index (χ0n) is 25.0. The van der Waals surface area contributed by atoms with E-state index in [-0.39, 0.29) is 43.8 Å². The smallest absolute Gasteiger partial charge is 0.243 e. The number of amides is 2. The van der Waals surface area contributed by atoms with Crippen LogP contribution in [-0.2, 0) is 32.6 Å². The topological polar surface area (TPSA) is 105 Å². The fourth-order valence-corrected chi connectivity index (χ4v) is 6.24. The van der Waals surface area contributed by atoms with Gasteiger partial charge in [-0.15, -0.1) is 0 Å². The monoisotopic (exact) mass is 661 g/mol. The lowest BCUT2D eigenvalue weighted by Crippen LogP contribution is -2.51. The molecule has 0 fully saturated rings. The minimum absolute atomic E-state index is 0.00184. The molecule has 236 valence electrons. The fraction of sp³-hybridized carbons (Fsp3) is 0.375. The maximum atomic E-state index is 14.0. The quantitative estimate of drug-likeness (QED) is 0.260. The molecule has 12 heteroatoms. The number of halogens is 2. The summed E-state index contributed by atoms with van der Waals surface area (Å²) in [5.74, 6) is 0.426. The molecule has 9 nitrogen and oxygen atoms in total. The highest BCUT2D eigenvalue weighted by Gasteiger charge is 2.31. The summed E-state index contributed by atoms with van der Waals surface area (Å²) in [6.45, 7) is 4.67. The first-order chi connectivity index (χ1) is 20.9. The van der Waals surface area contributed by atoms with Crippen LogP contribution in [0.2, 0.25) is 10.0 Å². The Morgan fingerprint density at radius 1 is 0.909 bits per heavy atom. The molecular weight excluding hydrogens is 625 g/mol. The molecule has 44 heavy (non-hydrogen) atoms. The highest BCUT2D eigenvalue weighted by Crippen LogP contribution is 2.35. The molecule has 0 aliphatic carbocycles. The Morgan fingerprint density at radius 3 is 2.27 bits per heavy atom. The van der Waals surface area contributed by atoms with Crippen LogP contribution in [0.5, 0.6) is 11.5 Å². The molecule has 4 rings (SSSR count). The molecule has 0 aromatic heterocycles. The largest absolute Gasteiger partial charge is 0.486 e. The van der Waals surface area contributed by atoms with E-state index in [1.807, 2.05) is 44.2 Å². The van der Waals surface area contributed by atoms with E-state index >= 15 is 0 Å². The van der Waals surface area contributed by atoms with Gasteiger partial charge in [-0.1, -0.05) is 59.6 Å². The van der Waals surface area contributed by atoms with Crippen LogP contribution in [-0.4, -0.2) is 63.2 Å². The number of nitrogens with one attached hydrogen (secondary N) is 1. The molecule has 1 aliphatic heterocycles. The third-order valence-electron chi connectivity index (χ3n) is 7.00. The zero-order chi connectivity index (χ0) is 31.9. The van der Waals surface area contributed by atoms with Crippen molar-refractivity contribution in [2.75, 3.05) is 30.3 Å². The lowest BCUT2D eigenvalue weighted by atomic mass is 10.0. The Kier molecular flexibility index (Phi) is 11.4. The molecule has 1 atom stereocenters. The minimum atomic E-state index is -3.68. The van der Waals surface area contributed by atoms with Crippen LogP contribution in [0.25, 0.3) is 0 Å². The zero-order valence-corrected chi connectivity index (χ0v) is 27.3. The molecule has 0 bridgehead atoms. The molecule has 3 aromatic carbocycles. The number of nitrogens with zero attached hydrogens (tertiary/aromatic N) is 2. The van der Waals surface area contributed by atoms with Crippen molar-refractivity contribution < 1.29 is 27.5 Å². The van der Waals surface area contributed by atoms with Crippen LogP contribution in [0.15, 0.2) is 66.7 Å². The summed E-state index contributed by atoms with van der Waals surface area (Å²) in [4.78, 5) is 29.1. The number of carbonyl (C=O) groups excluding carboxylic acids is 2. The van der Waals surface area contributed by atoms with E-state index in [0.29, 0.717) is 52.4 Å². The van der Waals surface area contributed by atoms with Crippen molar-refractivity contribution in [3.05, 3.63) is 87.9 Å². The van der Waals surface area contributed by atoms with Crippen LogP contribution < -0.4 is 19.1 Å². The first kappa shape index (κ1) is 33.4. The third kappa shape index (κ3) is 9.03. The summed E-state index contributed by atoms with van der Waals surface area (Å²) in [6, 6.07) is 18.6. The Balaban J connectivity index is 1.59. The van der Waals surface area contributed by atoms with Crippen molar-refractivity contribution in [3.63, 3.8) is 0 Å². The molecule has 3 aromatic rings. The third-order valence-corrected chi connectivity index (χ3v) is 8.94. The van der Waals surface area contributed by atoms with E-state index in [1.165, 1.54) is 4.31 Å². The van der Waals surface area contributed by atoms with Crippen molar-refractivity contribution in [1.82, 2.24) is 10.2 Å². The van der Waals surface area contributed by atoms with Crippen molar-refractivity contribution in [3.8, 4) is 11.5 Å². The minimum Gasteiger partial charge on any atom is -0.486 e. The van der Waals surface area contributed by atoms with Crippen LogP contribution in [0, 0.1) is 0 Å². The first-order valence-corrected chi connectivity index (χ1v) is 17.0. The van der Waals surface area contributed by atoms with Crippen LogP contribution in [0.3, 0.4) is 0 Å². The van der Waals surface area contributed by atoms with Crippen molar-refractivity contribution in [2.24, 2.45) is 0 Å². The standard InChI is InChI=1S/C32H37Cl2N3O6S/c1-22(2)35-32(39)28(19-23-8-5-4-6-9-23)36(21-24-11-13-26(33)27(34)18-24)31(38)10-7-15-37(44(3,40)41)25-12-14-29-30(20-25)43-17-16-42-29/h4-6,8-9,11-14,18,20,22,28H,7,10,15-17,19,21H2,1-3H3,(H,35,39). The van der Waals surface area contributed by atoms with Gasteiger partial charge in [-0.2, -0.15) is 0 Å². The highest BCUT2D eigenvalue weighted by atomic mass is 35.5. The van der Waals surface area contributed by atoms with E-state index in [2.05, 4.69) is 5.32 Å². The van der Waals surface area contributed by atoms with Gasteiger partial charge in [0.1, 0.15) is 19.3 Å².